The maximum atomic E-state index is 12.0. The zero-order valence-corrected chi connectivity index (χ0v) is 16.4. The van der Waals surface area contributed by atoms with Crippen molar-refractivity contribution in [2.24, 2.45) is 0 Å². The van der Waals surface area contributed by atoms with Crippen LogP contribution < -0.4 is 9.47 Å². The number of hydrogen-bond donors (Lipinski definition) is 0. The smallest absolute Gasteiger partial charge is 0.493 e. The summed E-state index contributed by atoms with van der Waals surface area (Å²) >= 11 is 6.12. The molecule has 0 radical (unpaired) electrons. The molecule has 5 nitrogen and oxygen atoms in total. The van der Waals surface area contributed by atoms with Crippen LogP contribution in [0.3, 0.4) is 0 Å². The molecule has 27 heavy (non-hydrogen) atoms. The van der Waals surface area contributed by atoms with Crippen LogP contribution in [0.1, 0.15) is 29.7 Å². The topological polar surface area (TPSA) is 54.0 Å². The third-order valence-electron chi connectivity index (χ3n) is 3.85. The first-order valence-corrected chi connectivity index (χ1v) is 9.04. The summed E-state index contributed by atoms with van der Waals surface area (Å²) in [6, 6.07) is 13.3. The van der Waals surface area contributed by atoms with Crippen LogP contribution in [0.4, 0.5) is 4.79 Å². The Morgan fingerprint density at radius 3 is 2.44 bits per heavy atom. The number of carbonyl (C=O) groups excluding carboxylic acids is 1. The summed E-state index contributed by atoms with van der Waals surface area (Å²) in [4.78, 5) is 12.0. The van der Waals surface area contributed by atoms with E-state index in [-0.39, 0.29) is 12.5 Å². The number of hydrogen-bond acceptors (Lipinski definition) is 5. The number of methoxy groups -OCH3 is 2. The second kappa shape index (κ2) is 10.5. The minimum atomic E-state index is -0.773. The van der Waals surface area contributed by atoms with Gasteiger partial charge in [0.15, 0.2) is 17.6 Å². The number of benzene rings is 2. The van der Waals surface area contributed by atoms with Gasteiger partial charge >= 0.3 is 6.16 Å². The Morgan fingerprint density at radius 1 is 1.11 bits per heavy atom. The zero-order valence-electron chi connectivity index (χ0n) is 15.6. The van der Waals surface area contributed by atoms with Crippen molar-refractivity contribution in [3.63, 3.8) is 0 Å². The highest BCUT2D eigenvalue weighted by Crippen LogP contribution is 2.40. The summed E-state index contributed by atoms with van der Waals surface area (Å²) in [7, 11) is 3.07. The number of ether oxygens (including phenoxy) is 4. The molecule has 0 saturated heterocycles. The fraction of sp³-hybridized carbons (Fsp3) is 0.286. The van der Waals surface area contributed by atoms with E-state index in [1.807, 2.05) is 42.5 Å². The monoisotopic (exact) mass is 390 g/mol. The molecule has 1 atom stereocenters. The first-order chi connectivity index (χ1) is 13.1. The van der Waals surface area contributed by atoms with Crippen molar-refractivity contribution in [3.05, 3.63) is 65.2 Å². The van der Waals surface area contributed by atoms with E-state index < -0.39 is 12.3 Å². The largest absolute Gasteiger partial charge is 0.509 e. The van der Waals surface area contributed by atoms with Gasteiger partial charge in [-0.25, -0.2) is 4.79 Å². The Balaban J connectivity index is 2.51. The van der Waals surface area contributed by atoms with E-state index in [1.165, 1.54) is 7.11 Å². The molecule has 0 N–H and O–H groups in total. The Kier molecular flexibility index (Phi) is 8.01. The maximum Gasteiger partial charge on any atom is 0.509 e. The Hall–Kier alpha value is -2.66. The molecular weight excluding hydrogens is 368 g/mol. The highest BCUT2D eigenvalue weighted by Gasteiger charge is 2.25. The van der Waals surface area contributed by atoms with Crippen molar-refractivity contribution in [3.8, 4) is 11.5 Å². The van der Waals surface area contributed by atoms with Crippen LogP contribution in [0.25, 0.3) is 6.08 Å². The third-order valence-corrected chi connectivity index (χ3v) is 4.14. The molecule has 2 rings (SSSR count). The Morgan fingerprint density at radius 2 is 1.85 bits per heavy atom. The maximum absolute atomic E-state index is 12.0. The highest BCUT2D eigenvalue weighted by atomic mass is 35.5. The number of alkyl halides is 1. The predicted molar refractivity (Wildman–Crippen MR) is 105 cm³/mol. The zero-order chi connectivity index (χ0) is 19.6. The van der Waals surface area contributed by atoms with Crippen LogP contribution in [0.2, 0.25) is 0 Å². The van der Waals surface area contributed by atoms with Gasteiger partial charge in [-0.05, 0) is 30.2 Å². The SMILES string of the molecule is CCOC(=O)OC(/C=C/c1ccccc1)c1c(CCl)ccc(OC)c1OC. The molecule has 2 aromatic rings. The first kappa shape index (κ1) is 20.6. The van der Waals surface area contributed by atoms with E-state index in [2.05, 4.69) is 0 Å². The van der Waals surface area contributed by atoms with Gasteiger partial charge < -0.3 is 18.9 Å². The lowest BCUT2D eigenvalue weighted by molar-refractivity contribution is 0.0394. The second-order valence-electron chi connectivity index (χ2n) is 5.50. The lowest BCUT2D eigenvalue weighted by Gasteiger charge is -2.21. The predicted octanol–water partition coefficient (Wildman–Crippen LogP) is 5.37. The average molecular weight is 391 g/mol. The van der Waals surface area contributed by atoms with Crippen LogP contribution in [0.5, 0.6) is 11.5 Å². The molecule has 0 spiro atoms. The van der Waals surface area contributed by atoms with Crippen LogP contribution in [-0.2, 0) is 15.4 Å². The molecule has 6 heteroatoms. The summed E-state index contributed by atoms with van der Waals surface area (Å²) < 4.78 is 21.4. The minimum Gasteiger partial charge on any atom is -0.493 e. The van der Waals surface area contributed by atoms with Crippen molar-refractivity contribution >= 4 is 23.8 Å². The molecule has 0 fully saturated rings. The van der Waals surface area contributed by atoms with E-state index in [0.29, 0.717) is 17.1 Å². The van der Waals surface area contributed by atoms with Gasteiger partial charge in [0.1, 0.15) is 0 Å². The summed E-state index contributed by atoms with van der Waals surface area (Å²) in [6.07, 6.45) is 2.09. The van der Waals surface area contributed by atoms with E-state index in [1.54, 1.807) is 26.2 Å². The summed E-state index contributed by atoms with van der Waals surface area (Å²) in [5.41, 5.74) is 2.35. The van der Waals surface area contributed by atoms with Gasteiger partial charge in [0.05, 0.1) is 20.8 Å². The lowest BCUT2D eigenvalue weighted by Crippen LogP contribution is -2.14. The molecule has 0 aliphatic carbocycles. The summed E-state index contributed by atoms with van der Waals surface area (Å²) in [5.74, 6) is 1.20. The summed E-state index contributed by atoms with van der Waals surface area (Å²) in [5, 5.41) is 0. The molecule has 0 aliphatic rings. The Bertz CT molecular complexity index is 774. The van der Waals surface area contributed by atoms with Crippen molar-refractivity contribution in [2.45, 2.75) is 18.9 Å². The van der Waals surface area contributed by atoms with Crippen molar-refractivity contribution in [1.82, 2.24) is 0 Å². The lowest BCUT2D eigenvalue weighted by atomic mass is 10.00. The highest BCUT2D eigenvalue weighted by molar-refractivity contribution is 6.17. The molecule has 0 amide bonds. The first-order valence-electron chi connectivity index (χ1n) is 8.50. The molecule has 144 valence electrons. The molecule has 0 aliphatic heterocycles. The molecule has 0 aromatic heterocycles. The molecule has 2 aromatic carbocycles. The van der Waals surface area contributed by atoms with Gasteiger partial charge in [-0.3, -0.25) is 0 Å². The molecule has 0 saturated carbocycles. The molecule has 0 heterocycles. The van der Waals surface area contributed by atoms with Crippen LogP contribution in [0.15, 0.2) is 48.5 Å². The molecular formula is C21H23ClO5. The van der Waals surface area contributed by atoms with E-state index in [9.17, 15) is 4.79 Å². The fourth-order valence-electron chi connectivity index (χ4n) is 2.63. The van der Waals surface area contributed by atoms with Gasteiger partial charge in [0.2, 0.25) is 0 Å². The second-order valence-corrected chi connectivity index (χ2v) is 5.77. The molecule has 1 unspecified atom stereocenters. The number of halogens is 1. The standard InChI is InChI=1S/C21H23ClO5/c1-4-26-21(23)27-17(12-10-15-8-6-5-7-9-15)19-16(14-22)11-13-18(24-2)20(19)25-3/h5-13,17H,4,14H2,1-3H3/b12-10+. The molecule has 0 bridgehead atoms. The number of rotatable bonds is 8. The van der Waals surface area contributed by atoms with Crippen molar-refractivity contribution < 1.29 is 23.7 Å². The van der Waals surface area contributed by atoms with E-state index >= 15 is 0 Å². The quantitative estimate of drug-likeness (QED) is 0.448. The average Bonchev–Trinajstić information content (AvgIpc) is 2.70. The van der Waals surface area contributed by atoms with Crippen LogP contribution >= 0.6 is 11.6 Å². The van der Waals surface area contributed by atoms with Gasteiger partial charge in [-0.1, -0.05) is 42.5 Å². The number of carbonyl (C=O) groups is 1. The van der Waals surface area contributed by atoms with Gasteiger partial charge in [0.25, 0.3) is 0 Å². The van der Waals surface area contributed by atoms with Crippen molar-refractivity contribution in [1.29, 1.82) is 0 Å². The minimum absolute atomic E-state index is 0.214. The summed E-state index contributed by atoms with van der Waals surface area (Å²) in [6.45, 7) is 1.93. The fourth-order valence-corrected chi connectivity index (χ4v) is 2.87. The normalized spacial score (nSPS) is 11.9. The third kappa shape index (κ3) is 5.41. The van der Waals surface area contributed by atoms with Crippen LogP contribution in [0, 0.1) is 0 Å². The van der Waals surface area contributed by atoms with Gasteiger partial charge in [-0.2, -0.15) is 0 Å². The van der Waals surface area contributed by atoms with Gasteiger partial charge in [0, 0.05) is 11.4 Å². The van der Waals surface area contributed by atoms with Gasteiger partial charge in [-0.15, -0.1) is 11.6 Å². The Labute approximate surface area is 164 Å². The van der Waals surface area contributed by atoms with Crippen molar-refractivity contribution in [2.75, 3.05) is 20.8 Å². The van der Waals surface area contributed by atoms with E-state index in [4.69, 9.17) is 30.5 Å². The van der Waals surface area contributed by atoms with E-state index in [0.717, 1.165) is 11.1 Å². The van der Waals surface area contributed by atoms with Crippen LogP contribution in [-0.4, -0.2) is 27.0 Å².